The predicted molar refractivity (Wildman–Crippen MR) is 153 cm³/mol. The summed E-state index contributed by atoms with van der Waals surface area (Å²) in [6, 6.07) is 6.64. The predicted octanol–water partition coefficient (Wildman–Crippen LogP) is 7.34. The number of rotatable bonds is 12. The van der Waals surface area contributed by atoms with Crippen molar-refractivity contribution >= 4 is 22.6 Å². The summed E-state index contributed by atoms with van der Waals surface area (Å²) < 4.78 is 52.8. The third kappa shape index (κ3) is 22.6. The summed E-state index contributed by atoms with van der Waals surface area (Å²) in [6.45, 7) is 24.5. The van der Waals surface area contributed by atoms with Gasteiger partial charge in [-0.15, -0.1) is 11.8 Å². The monoisotopic (exact) mass is 598 g/mol. The van der Waals surface area contributed by atoms with Crippen LogP contribution in [0, 0.1) is 43.9 Å². The molecule has 3 atom stereocenters. The van der Waals surface area contributed by atoms with Gasteiger partial charge in [0.15, 0.2) is 0 Å². The molecule has 0 aliphatic heterocycles. The summed E-state index contributed by atoms with van der Waals surface area (Å²) >= 11 is 1.37. The normalized spacial score (nSPS) is 13.8. The Morgan fingerprint density at radius 2 is 1.69 bits per heavy atom. The second kappa shape index (κ2) is 22.9. The number of carbonyl (C=O) groups is 1. The minimum Gasteiger partial charge on any atom is -0.483 e. The average molecular weight is 599 g/mol. The van der Waals surface area contributed by atoms with Crippen molar-refractivity contribution < 1.29 is 83.6 Å². The molecule has 1 aromatic rings. The van der Waals surface area contributed by atoms with Gasteiger partial charge in [0, 0.05) is 10.5 Å². The van der Waals surface area contributed by atoms with Gasteiger partial charge in [-0.2, -0.15) is 28.4 Å². The quantitative estimate of drug-likeness (QED) is 0.155. The van der Waals surface area contributed by atoms with Crippen LogP contribution in [0.5, 0.6) is 5.75 Å². The molecule has 0 aromatic heterocycles. The van der Waals surface area contributed by atoms with Gasteiger partial charge in [-0.05, 0) is 24.5 Å². The van der Waals surface area contributed by atoms with E-state index in [4.69, 9.17) is 5.11 Å². The number of carboxylic acid groups (broad SMARTS) is 1. The number of carboxylic acids is 1. The van der Waals surface area contributed by atoms with Crippen LogP contribution in [0.3, 0.4) is 0 Å². The smallest absolute Gasteiger partial charge is 0.483 e. The molecule has 1 rings (SSSR count). The Kier molecular flexibility index (Phi) is 25.1. The third-order valence-corrected chi connectivity index (χ3v) is 5.48. The summed E-state index contributed by atoms with van der Waals surface area (Å²) in [5.41, 5.74) is -0.832. The Bertz CT molecular complexity index is 897. The number of halogens is 4. The molecule has 9 heteroatoms. The van der Waals surface area contributed by atoms with E-state index >= 15 is 0 Å². The third-order valence-electron chi connectivity index (χ3n) is 4.61. The fraction of sp³-hybridized carbons (Fsp3) is 0.467. The molecule has 0 bridgehead atoms. The number of thioether (sulfide) groups is 1. The molecule has 1 N–H and O–H groups in total. The number of hydrogen-bond acceptors (Lipinski definition) is 3. The van der Waals surface area contributed by atoms with E-state index in [1.54, 1.807) is 25.1 Å². The number of para-hydroxylation sites is 1. The molecule has 1 aromatic carbocycles. The maximum atomic E-state index is 12.4. The molecule has 0 fully saturated rings. The van der Waals surface area contributed by atoms with Gasteiger partial charge in [-0.1, -0.05) is 90.5 Å². The minimum absolute atomic E-state index is 0. The molecular formula is C30H43F4KO3S-2. The Morgan fingerprint density at radius 3 is 2.10 bits per heavy atom. The molecule has 0 heterocycles. The SMILES string of the molecule is C=C(S/C([CH2-])=C\C(C)CC)c1ccccc1OC(F)F.CC(C)C.[CH2-]C(C)C[C@@]([CH2-])(CC=C(F)F)C(=O)O.[K+]. The summed E-state index contributed by atoms with van der Waals surface area (Å²) in [6.07, 6.45) is 1.68. The fourth-order valence-corrected chi connectivity index (χ4v) is 3.67. The van der Waals surface area contributed by atoms with E-state index in [1.165, 1.54) is 17.8 Å². The van der Waals surface area contributed by atoms with Crippen LogP contribution in [0.2, 0.25) is 0 Å². The molecule has 0 radical (unpaired) electrons. The molecule has 39 heavy (non-hydrogen) atoms. The van der Waals surface area contributed by atoms with Crippen molar-refractivity contribution in [3.05, 3.63) is 80.3 Å². The topological polar surface area (TPSA) is 46.5 Å². The van der Waals surface area contributed by atoms with Gasteiger partial charge in [0.1, 0.15) is 5.75 Å². The zero-order valence-corrected chi connectivity index (χ0v) is 28.3. The first-order chi connectivity index (χ1) is 17.4. The van der Waals surface area contributed by atoms with Crippen molar-refractivity contribution in [1.29, 1.82) is 0 Å². The molecule has 0 aliphatic rings. The van der Waals surface area contributed by atoms with Crippen molar-refractivity contribution in [2.75, 3.05) is 0 Å². The summed E-state index contributed by atoms with van der Waals surface area (Å²) in [7, 11) is 0. The average Bonchev–Trinajstić information content (AvgIpc) is 2.77. The van der Waals surface area contributed by atoms with Crippen LogP contribution in [0.25, 0.3) is 4.91 Å². The second-order valence-electron chi connectivity index (χ2n) is 9.74. The van der Waals surface area contributed by atoms with E-state index < -0.39 is 24.1 Å². The molecular weight excluding hydrogens is 555 g/mol. The number of aliphatic carboxylic acids is 1. The van der Waals surface area contributed by atoms with E-state index in [2.05, 4.69) is 66.7 Å². The van der Waals surface area contributed by atoms with Crippen molar-refractivity contribution in [2.45, 2.75) is 67.4 Å². The van der Waals surface area contributed by atoms with Crippen LogP contribution in [0.4, 0.5) is 17.6 Å². The van der Waals surface area contributed by atoms with Gasteiger partial charge < -0.3 is 23.7 Å². The summed E-state index contributed by atoms with van der Waals surface area (Å²) in [5.74, 6) is 0.0804. The van der Waals surface area contributed by atoms with Crippen LogP contribution < -0.4 is 56.1 Å². The molecule has 218 valence electrons. The van der Waals surface area contributed by atoms with Crippen molar-refractivity contribution in [2.24, 2.45) is 23.2 Å². The van der Waals surface area contributed by atoms with Crippen LogP contribution in [-0.2, 0) is 4.79 Å². The Labute approximate surface area is 280 Å². The maximum absolute atomic E-state index is 12.4. The zero-order chi connectivity index (χ0) is 30.1. The van der Waals surface area contributed by atoms with E-state index in [0.717, 1.165) is 17.2 Å². The van der Waals surface area contributed by atoms with Crippen LogP contribution in [0.1, 0.15) is 66.4 Å². The largest absolute Gasteiger partial charge is 1.00 e. The first-order valence-corrected chi connectivity index (χ1v) is 13.1. The molecule has 0 amide bonds. The van der Waals surface area contributed by atoms with E-state index in [-0.39, 0.29) is 75.9 Å². The van der Waals surface area contributed by atoms with Crippen molar-refractivity contribution in [1.82, 2.24) is 0 Å². The second-order valence-corrected chi connectivity index (χ2v) is 11.0. The van der Waals surface area contributed by atoms with Crippen molar-refractivity contribution in [3.63, 3.8) is 0 Å². The van der Waals surface area contributed by atoms with Gasteiger partial charge in [0.2, 0.25) is 0 Å². The summed E-state index contributed by atoms with van der Waals surface area (Å²) in [4.78, 5) is 12.3. The number of alkyl halides is 2. The van der Waals surface area contributed by atoms with Gasteiger partial charge in [0.05, 0.1) is 0 Å². The molecule has 0 aliphatic carbocycles. The molecule has 2 unspecified atom stereocenters. The standard InChI is InChI=1S/C16H19F2OS.C10H14F2O2.C4H10.K/c1-5-11(2)10-12(3)20-13(4)14-8-6-7-9-15(14)19-16(17)18;1-7(2)6-10(3,9(13)14)5-4-8(11)12;1-4(2)3;/h6-11,16H,3-5H2,1-2H3;4,7H,1,3,5-6H2,2H3,(H,13,14);4H,1-3H3;/q-1;-2;;+1/b12-10-;;;/t;7?,10-;;/m.1../s1. The zero-order valence-electron chi connectivity index (χ0n) is 24.4. The van der Waals surface area contributed by atoms with Gasteiger partial charge in [-0.25, -0.2) is 13.0 Å². The van der Waals surface area contributed by atoms with E-state index in [9.17, 15) is 22.4 Å². The van der Waals surface area contributed by atoms with Crippen LogP contribution in [0.15, 0.2) is 54.0 Å². The van der Waals surface area contributed by atoms with Crippen molar-refractivity contribution in [3.8, 4) is 5.75 Å². The number of hydrogen-bond donors (Lipinski definition) is 1. The van der Waals surface area contributed by atoms with Gasteiger partial charge >= 0.3 is 58.0 Å². The van der Waals surface area contributed by atoms with Crippen LogP contribution >= 0.6 is 11.8 Å². The van der Waals surface area contributed by atoms with Gasteiger partial charge in [0.25, 0.3) is 12.0 Å². The van der Waals surface area contributed by atoms with E-state index in [0.29, 0.717) is 22.5 Å². The molecule has 0 saturated heterocycles. The first kappa shape index (κ1) is 42.7. The Morgan fingerprint density at radius 1 is 1.18 bits per heavy atom. The van der Waals surface area contributed by atoms with E-state index in [1.807, 2.05) is 6.08 Å². The van der Waals surface area contributed by atoms with Crippen LogP contribution in [-0.4, -0.2) is 17.7 Å². The molecule has 0 saturated carbocycles. The number of benzene rings is 1. The first-order valence-electron chi connectivity index (χ1n) is 12.3. The summed E-state index contributed by atoms with van der Waals surface area (Å²) in [5, 5.41) is 8.83. The Hall–Kier alpha value is -0.714. The minimum atomic E-state index is -2.84. The fourth-order valence-electron chi connectivity index (χ4n) is 2.78. The number of ether oxygens (including phenoxy) is 1. The van der Waals surface area contributed by atoms with Gasteiger partial charge in [-0.3, -0.25) is 4.79 Å². The molecule has 3 nitrogen and oxygen atoms in total. The molecule has 0 spiro atoms. The maximum Gasteiger partial charge on any atom is 1.00 e. The Balaban J connectivity index is -0.000000597. The number of allylic oxidation sites excluding steroid dienone is 3.